The van der Waals surface area contributed by atoms with E-state index in [2.05, 4.69) is 4.90 Å². The third kappa shape index (κ3) is 5.11. The summed E-state index contributed by atoms with van der Waals surface area (Å²) >= 11 is 0. The number of amides is 1. The van der Waals surface area contributed by atoms with E-state index in [-0.39, 0.29) is 11.7 Å². The highest BCUT2D eigenvalue weighted by molar-refractivity contribution is 6.00. The molecule has 0 aliphatic carbocycles. The van der Waals surface area contributed by atoms with Gasteiger partial charge in [0.15, 0.2) is 5.78 Å². The lowest BCUT2D eigenvalue weighted by atomic mass is 10.1. The number of benzene rings is 3. The second kappa shape index (κ2) is 10.3. The lowest BCUT2D eigenvalue weighted by Crippen LogP contribution is -2.48. The highest BCUT2D eigenvalue weighted by Gasteiger charge is 2.27. The first kappa shape index (κ1) is 24.3. The molecule has 0 unspecified atom stereocenters. The summed E-state index contributed by atoms with van der Waals surface area (Å²) in [4.78, 5) is 29.5. The summed E-state index contributed by atoms with van der Waals surface area (Å²) in [5, 5.41) is 4.83. The SMILES string of the molecule is COc1cccc(-c2nn(-c3ccc(C)cc3)cc2C(=O)N2CCN(c3ccc(C(C)=O)cc3)CC2)c1. The number of aromatic nitrogens is 2. The first-order valence-corrected chi connectivity index (χ1v) is 12.4. The third-order valence-corrected chi connectivity index (χ3v) is 6.79. The van der Waals surface area contributed by atoms with E-state index in [9.17, 15) is 9.59 Å². The molecule has 1 aliphatic rings. The molecule has 2 heterocycles. The Labute approximate surface area is 216 Å². The number of anilines is 1. The van der Waals surface area contributed by atoms with Crippen molar-refractivity contribution < 1.29 is 14.3 Å². The van der Waals surface area contributed by atoms with Gasteiger partial charge in [-0.15, -0.1) is 0 Å². The molecule has 0 radical (unpaired) electrons. The molecule has 37 heavy (non-hydrogen) atoms. The van der Waals surface area contributed by atoms with Crippen molar-refractivity contribution in [3.8, 4) is 22.7 Å². The highest BCUT2D eigenvalue weighted by Crippen LogP contribution is 2.28. The van der Waals surface area contributed by atoms with Crippen LogP contribution in [-0.4, -0.2) is 59.7 Å². The minimum atomic E-state index is -0.0391. The van der Waals surface area contributed by atoms with Gasteiger partial charge in [-0.25, -0.2) is 4.68 Å². The van der Waals surface area contributed by atoms with Crippen molar-refractivity contribution in [1.29, 1.82) is 0 Å². The molecule has 188 valence electrons. The Hall–Kier alpha value is -4.39. The summed E-state index contributed by atoms with van der Waals surface area (Å²) < 4.78 is 7.19. The number of carbonyl (C=O) groups excluding carboxylic acids is 2. The number of hydrogen-bond donors (Lipinski definition) is 0. The van der Waals surface area contributed by atoms with Crippen molar-refractivity contribution >= 4 is 17.4 Å². The second-order valence-electron chi connectivity index (χ2n) is 9.29. The Morgan fingerprint density at radius 3 is 2.19 bits per heavy atom. The zero-order valence-electron chi connectivity index (χ0n) is 21.3. The van der Waals surface area contributed by atoms with E-state index in [1.54, 1.807) is 18.7 Å². The molecule has 0 N–H and O–H groups in total. The Morgan fingerprint density at radius 1 is 0.865 bits per heavy atom. The van der Waals surface area contributed by atoms with Gasteiger partial charge < -0.3 is 14.5 Å². The monoisotopic (exact) mass is 494 g/mol. The van der Waals surface area contributed by atoms with Crippen molar-refractivity contribution in [3.05, 3.63) is 95.7 Å². The van der Waals surface area contributed by atoms with Crippen LogP contribution in [0.2, 0.25) is 0 Å². The van der Waals surface area contributed by atoms with Crippen LogP contribution < -0.4 is 9.64 Å². The number of hydrogen-bond acceptors (Lipinski definition) is 5. The number of methoxy groups -OCH3 is 1. The standard InChI is InChI=1S/C30H30N4O3/c1-21-7-11-26(12-8-21)34-20-28(29(31-34)24-5-4-6-27(19-24)37-3)30(36)33-17-15-32(16-18-33)25-13-9-23(10-14-25)22(2)35/h4-14,19-20H,15-18H2,1-3H3. The molecular weight excluding hydrogens is 464 g/mol. The molecule has 0 spiro atoms. The Morgan fingerprint density at radius 2 is 1.54 bits per heavy atom. The van der Waals surface area contributed by atoms with E-state index in [0.29, 0.717) is 48.7 Å². The molecule has 0 saturated carbocycles. The molecule has 1 saturated heterocycles. The lowest BCUT2D eigenvalue weighted by molar-refractivity contribution is 0.0747. The fourth-order valence-electron chi connectivity index (χ4n) is 4.59. The topological polar surface area (TPSA) is 67.7 Å². The van der Waals surface area contributed by atoms with E-state index >= 15 is 0 Å². The molecule has 0 atom stereocenters. The summed E-state index contributed by atoms with van der Waals surface area (Å²) in [5.41, 5.74) is 5.84. The molecule has 7 heteroatoms. The van der Waals surface area contributed by atoms with Gasteiger partial charge in [0, 0.05) is 49.2 Å². The van der Waals surface area contributed by atoms with Crippen LogP contribution in [0.3, 0.4) is 0 Å². The van der Waals surface area contributed by atoms with Crippen LogP contribution in [0, 0.1) is 6.92 Å². The number of Topliss-reactive ketones (excluding diaryl/α,β-unsaturated/α-hetero) is 1. The maximum atomic E-state index is 13.8. The van der Waals surface area contributed by atoms with Gasteiger partial charge in [0.25, 0.3) is 5.91 Å². The summed E-state index contributed by atoms with van der Waals surface area (Å²) in [7, 11) is 1.63. The minimum absolute atomic E-state index is 0.0391. The van der Waals surface area contributed by atoms with Crippen molar-refractivity contribution in [2.45, 2.75) is 13.8 Å². The molecule has 1 fully saturated rings. The van der Waals surface area contributed by atoms with Gasteiger partial charge in [-0.1, -0.05) is 29.8 Å². The quantitative estimate of drug-likeness (QED) is 0.352. The van der Waals surface area contributed by atoms with Crippen LogP contribution >= 0.6 is 0 Å². The zero-order chi connectivity index (χ0) is 25.9. The molecule has 3 aromatic carbocycles. The van der Waals surface area contributed by atoms with Crippen molar-refractivity contribution in [2.75, 3.05) is 38.2 Å². The number of ether oxygens (including phenoxy) is 1. The maximum Gasteiger partial charge on any atom is 0.257 e. The smallest absolute Gasteiger partial charge is 0.257 e. The average molecular weight is 495 g/mol. The fourth-order valence-corrected chi connectivity index (χ4v) is 4.59. The van der Waals surface area contributed by atoms with Crippen LogP contribution in [0.25, 0.3) is 16.9 Å². The van der Waals surface area contributed by atoms with Gasteiger partial charge in [-0.3, -0.25) is 9.59 Å². The number of ketones is 1. The first-order valence-electron chi connectivity index (χ1n) is 12.4. The van der Waals surface area contributed by atoms with Crippen molar-refractivity contribution in [3.63, 3.8) is 0 Å². The van der Waals surface area contributed by atoms with Gasteiger partial charge in [-0.05, 0) is 62.4 Å². The number of piperazine rings is 1. The zero-order valence-corrected chi connectivity index (χ0v) is 21.3. The fraction of sp³-hybridized carbons (Fsp3) is 0.233. The number of carbonyl (C=O) groups is 2. The summed E-state index contributed by atoms with van der Waals surface area (Å²) in [6.45, 7) is 6.24. The van der Waals surface area contributed by atoms with Gasteiger partial charge in [0.1, 0.15) is 11.4 Å². The molecule has 5 rings (SSSR count). The number of aryl methyl sites for hydroxylation is 1. The van der Waals surface area contributed by atoms with Gasteiger partial charge in [0.05, 0.1) is 18.4 Å². The van der Waals surface area contributed by atoms with Crippen LogP contribution in [0.15, 0.2) is 79.0 Å². The molecule has 1 aromatic heterocycles. The van der Waals surface area contributed by atoms with Gasteiger partial charge >= 0.3 is 0 Å². The highest BCUT2D eigenvalue weighted by atomic mass is 16.5. The van der Waals surface area contributed by atoms with Gasteiger partial charge in [-0.2, -0.15) is 5.10 Å². The van der Waals surface area contributed by atoms with E-state index in [1.165, 1.54) is 0 Å². The minimum Gasteiger partial charge on any atom is -0.497 e. The molecule has 4 aromatic rings. The first-order chi connectivity index (χ1) is 17.9. The largest absolute Gasteiger partial charge is 0.497 e. The predicted molar refractivity (Wildman–Crippen MR) is 145 cm³/mol. The van der Waals surface area contributed by atoms with E-state index in [0.717, 1.165) is 22.5 Å². The van der Waals surface area contributed by atoms with Crippen molar-refractivity contribution in [2.24, 2.45) is 0 Å². The Balaban J connectivity index is 1.40. The number of rotatable bonds is 6. The molecule has 1 amide bonds. The van der Waals surface area contributed by atoms with E-state index in [4.69, 9.17) is 9.84 Å². The van der Waals surface area contributed by atoms with Crippen molar-refractivity contribution in [1.82, 2.24) is 14.7 Å². The average Bonchev–Trinajstić information content (AvgIpc) is 3.39. The molecule has 0 bridgehead atoms. The molecule has 1 aliphatic heterocycles. The number of nitrogens with zero attached hydrogens (tertiary/aromatic N) is 4. The lowest BCUT2D eigenvalue weighted by Gasteiger charge is -2.36. The van der Waals surface area contributed by atoms with Crippen LogP contribution in [-0.2, 0) is 0 Å². The maximum absolute atomic E-state index is 13.8. The van der Waals surface area contributed by atoms with E-state index in [1.807, 2.05) is 90.8 Å². The van der Waals surface area contributed by atoms with E-state index < -0.39 is 0 Å². The molecule has 7 nitrogen and oxygen atoms in total. The van der Waals surface area contributed by atoms with Crippen LogP contribution in [0.1, 0.15) is 33.2 Å². The summed E-state index contributed by atoms with van der Waals surface area (Å²) in [5.74, 6) is 0.730. The summed E-state index contributed by atoms with van der Waals surface area (Å²) in [6, 6.07) is 23.4. The Kier molecular flexibility index (Phi) is 6.77. The predicted octanol–water partition coefficient (Wildman–Crippen LogP) is 5.02. The summed E-state index contributed by atoms with van der Waals surface area (Å²) in [6.07, 6.45) is 1.83. The van der Waals surface area contributed by atoms with Gasteiger partial charge in [0.2, 0.25) is 0 Å². The normalized spacial score (nSPS) is 13.5. The van der Waals surface area contributed by atoms with Crippen LogP contribution in [0.5, 0.6) is 5.75 Å². The second-order valence-corrected chi connectivity index (χ2v) is 9.29. The molecular formula is C30H30N4O3. The third-order valence-electron chi connectivity index (χ3n) is 6.79. The van der Waals surface area contributed by atoms with Crippen LogP contribution in [0.4, 0.5) is 5.69 Å². The Bertz CT molecular complexity index is 1420.